The number of hydrogen-bond donors (Lipinski definition) is 1. The lowest BCUT2D eigenvalue weighted by atomic mass is 9.77. The second-order valence-electron chi connectivity index (χ2n) is 8.26. The van der Waals surface area contributed by atoms with Gasteiger partial charge in [0.1, 0.15) is 5.82 Å². The topological polar surface area (TPSA) is 72.0 Å². The number of aromatic nitrogens is 2. The Balaban J connectivity index is 1.39. The fourth-order valence-corrected chi connectivity index (χ4v) is 4.24. The number of carbonyl (C=O) groups is 2. The molecule has 1 N–H and O–H groups in total. The molecule has 1 aromatic heterocycles. The molecular weight excluding hydrogens is 450 g/mol. The summed E-state index contributed by atoms with van der Waals surface area (Å²) in [5, 5.41) is 10.9. The van der Waals surface area contributed by atoms with E-state index in [9.17, 15) is 27.2 Å². The molecule has 5 nitrogen and oxygen atoms in total. The molecule has 1 saturated carbocycles. The number of alkyl halides is 3. The minimum atomic E-state index is -4.74. The van der Waals surface area contributed by atoms with Crippen LogP contribution in [0.2, 0.25) is 0 Å². The third-order valence-electron chi connectivity index (χ3n) is 6.02. The van der Waals surface area contributed by atoms with Gasteiger partial charge >= 0.3 is 6.18 Å². The maximum atomic E-state index is 13.6. The van der Waals surface area contributed by atoms with Crippen molar-refractivity contribution in [3.05, 3.63) is 89.0 Å². The quantitative estimate of drug-likeness (QED) is 0.364. The first kappa shape index (κ1) is 23.5. The minimum Gasteiger partial charge on any atom is -0.321 e. The van der Waals surface area contributed by atoms with Crippen LogP contribution in [0.3, 0.4) is 0 Å². The summed E-state index contributed by atoms with van der Waals surface area (Å²) in [7, 11) is 0. The first-order chi connectivity index (χ1) is 16.2. The van der Waals surface area contributed by atoms with Crippen molar-refractivity contribution in [1.29, 1.82) is 0 Å². The van der Waals surface area contributed by atoms with Crippen LogP contribution < -0.4 is 5.32 Å². The molecule has 1 heterocycles. The zero-order valence-electron chi connectivity index (χ0n) is 18.0. The molecular formula is C25H21F4N3O2. The molecule has 0 atom stereocenters. The second-order valence-corrected chi connectivity index (χ2v) is 8.26. The van der Waals surface area contributed by atoms with Crippen molar-refractivity contribution >= 4 is 17.4 Å². The Morgan fingerprint density at radius 3 is 2.21 bits per heavy atom. The Morgan fingerprint density at radius 2 is 1.59 bits per heavy atom. The van der Waals surface area contributed by atoms with E-state index in [2.05, 4.69) is 15.5 Å². The van der Waals surface area contributed by atoms with Gasteiger partial charge in [0.05, 0.1) is 11.3 Å². The van der Waals surface area contributed by atoms with Gasteiger partial charge in [-0.2, -0.15) is 18.3 Å². The van der Waals surface area contributed by atoms with E-state index in [1.807, 2.05) is 6.07 Å². The van der Waals surface area contributed by atoms with Crippen molar-refractivity contribution < 1.29 is 27.2 Å². The predicted octanol–water partition coefficient (Wildman–Crippen LogP) is 6.04. The van der Waals surface area contributed by atoms with E-state index in [-0.39, 0.29) is 11.6 Å². The fourth-order valence-electron chi connectivity index (χ4n) is 4.24. The minimum absolute atomic E-state index is 0.0302. The van der Waals surface area contributed by atoms with Crippen molar-refractivity contribution in [2.45, 2.75) is 37.8 Å². The maximum absolute atomic E-state index is 13.6. The van der Waals surface area contributed by atoms with Gasteiger partial charge in [0, 0.05) is 23.1 Å². The number of nitrogens with one attached hydrogen (secondary N) is 1. The Bertz CT molecular complexity index is 1170. The summed E-state index contributed by atoms with van der Waals surface area (Å²) in [6, 6.07) is 14.2. The fraction of sp³-hybridized carbons (Fsp3) is 0.280. The van der Waals surface area contributed by atoms with Crippen molar-refractivity contribution in [3.63, 3.8) is 0 Å². The molecule has 0 radical (unpaired) electrons. The largest absolute Gasteiger partial charge is 0.417 e. The predicted molar refractivity (Wildman–Crippen MR) is 117 cm³/mol. The van der Waals surface area contributed by atoms with Crippen LogP contribution in [0.25, 0.3) is 0 Å². The molecule has 176 valence electrons. The maximum Gasteiger partial charge on any atom is 0.417 e. The number of nitrogens with zero attached hydrogens (tertiary/aromatic N) is 2. The summed E-state index contributed by atoms with van der Waals surface area (Å²) in [4.78, 5) is 25.1. The lowest BCUT2D eigenvalue weighted by Crippen LogP contribution is -2.24. The van der Waals surface area contributed by atoms with E-state index in [1.54, 1.807) is 36.4 Å². The van der Waals surface area contributed by atoms with Crippen LogP contribution in [0.1, 0.15) is 63.7 Å². The van der Waals surface area contributed by atoms with Crippen LogP contribution in [0, 0.1) is 11.7 Å². The lowest BCUT2D eigenvalue weighted by molar-refractivity contribution is -0.138. The monoisotopic (exact) mass is 471 g/mol. The Hall–Kier alpha value is -3.62. The number of rotatable bonds is 5. The van der Waals surface area contributed by atoms with Gasteiger partial charge in [-0.25, -0.2) is 4.39 Å². The van der Waals surface area contributed by atoms with Crippen LogP contribution >= 0.6 is 0 Å². The van der Waals surface area contributed by atoms with Gasteiger partial charge in [-0.1, -0.05) is 18.2 Å². The average Bonchev–Trinajstić information content (AvgIpc) is 2.83. The van der Waals surface area contributed by atoms with Gasteiger partial charge in [-0.05, 0) is 68.1 Å². The molecule has 9 heteroatoms. The third-order valence-corrected chi connectivity index (χ3v) is 6.02. The number of benzene rings is 2. The summed E-state index contributed by atoms with van der Waals surface area (Å²) in [6.45, 7) is 0. The third kappa shape index (κ3) is 5.30. The Morgan fingerprint density at radius 1 is 0.882 bits per heavy atom. The standard InChI is InChI=1S/C25H21F4N3O2/c26-17-10-11-20(25(27,28)29)19(14-17)23(33)16-8-6-15(7-9-16)21-12-13-22(32-31-21)24(34)30-18-4-2-1-3-5-18/h1-5,10-16H,6-9H2,(H,30,34). The van der Waals surface area contributed by atoms with Crippen LogP contribution in [-0.2, 0) is 6.18 Å². The average molecular weight is 471 g/mol. The molecule has 3 aromatic rings. The lowest BCUT2D eigenvalue weighted by Gasteiger charge is -2.27. The SMILES string of the molecule is O=C(Nc1ccccc1)c1ccc(C2CCC(C(=O)c3cc(F)ccc3C(F)(F)F)CC2)nn1. The molecule has 34 heavy (non-hydrogen) atoms. The molecule has 1 aliphatic carbocycles. The highest BCUT2D eigenvalue weighted by molar-refractivity contribution is 6.02. The van der Waals surface area contributed by atoms with Crippen molar-refractivity contribution in [2.75, 3.05) is 5.32 Å². The van der Waals surface area contributed by atoms with E-state index < -0.39 is 40.7 Å². The highest BCUT2D eigenvalue weighted by atomic mass is 19.4. The Kier molecular flexibility index (Phi) is 6.72. The normalized spacial score (nSPS) is 18.4. The number of hydrogen-bond acceptors (Lipinski definition) is 4. The summed E-state index contributed by atoms with van der Waals surface area (Å²) in [5.74, 6) is -2.61. The molecule has 2 aromatic carbocycles. The number of amides is 1. The zero-order valence-corrected chi connectivity index (χ0v) is 18.0. The van der Waals surface area contributed by atoms with E-state index in [0.29, 0.717) is 55.3 Å². The molecule has 0 spiro atoms. The summed E-state index contributed by atoms with van der Waals surface area (Å²) >= 11 is 0. The molecule has 0 bridgehead atoms. The summed E-state index contributed by atoms with van der Waals surface area (Å²) in [5.41, 5.74) is -0.291. The van der Waals surface area contributed by atoms with Crippen LogP contribution in [0.15, 0.2) is 60.7 Å². The number of anilines is 1. The molecule has 0 saturated heterocycles. The summed E-state index contributed by atoms with van der Waals surface area (Å²) in [6.07, 6.45) is -2.97. The van der Waals surface area contributed by atoms with E-state index in [1.165, 1.54) is 0 Å². The zero-order chi connectivity index (χ0) is 24.3. The smallest absolute Gasteiger partial charge is 0.321 e. The first-order valence-electron chi connectivity index (χ1n) is 10.8. The molecule has 1 fully saturated rings. The molecule has 0 aliphatic heterocycles. The van der Waals surface area contributed by atoms with Gasteiger partial charge in [-0.3, -0.25) is 9.59 Å². The number of ketones is 1. The van der Waals surface area contributed by atoms with Crippen LogP contribution in [0.4, 0.5) is 23.2 Å². The number of halogens is 4. The molecule has 1 amide bonds. The summed E-state index contributed by atoms with van der Waals surface area (Å²) < 4.78 is 53.4. The van der Waals surface area contributed by atoms with Crippen molar-refractivity contribution in [3.8, 4) is 0 Å². The number of Topliss-reactive ketones (excluding diaryl/α,β-unsaturated/α-hetero) is 1. The second kappa shape index (κ2) is 9.70. The molecule has 0 unspecified atom stereocenters. The first-order valence-corrected chi connectivity index (χ1v) is 10.8. The van der Waals surface area contributed by atoms with Gasteiger partial charge in [-0.15, -0.1) is 5.10 Å². The van der Waals surface area contributed by atoms with E-state index in [0.717, 1.165) is 0 Å². The van der Waals surface area contributed by atoms with Gasteiger partial charge < -0.3 is 5.32 Å². The van der Waals surface area contributed by atoms with Gasteiger partial charge in [0.25, 0.3) is 5.91 Å². The number of carbonyl (C=O) groups excluding carboxylic acids is 2. The molecule has 1 aliphatic rings. The van der Waals surface area contributed by atoms with Gasteiger partial charge in [0.15, 0.2) is 11.5 Å². The van der Waals surface area contributed by atoms with Crippen molar-refractivity contribution in [1.82, 2.24) is 10.2 Å². The van der Waals surface area contributed by atoms with E-state index in [4.69, 9.17) is 0 Å². The van der Waals surface area contributed by atoms with E-state index >= 15 is 0 Å². The highest BCUT2D eigenvalue weighted by Crippen LogP contribution is 2.39. The van der Waals surface area contributed by atoms with Crippen molar-refractivity contribution in [2.24, 2.45) is 5.92 Å². The highest BCUT2D eigenvalue weighted by Gasteiger charge is 2.38. The van der Waals surface area contributed by atoms with Gasteiger partial charge in [0.2, 0.25) is 0 Å². The van der Waals surface area contributed by atoms with Crippen LogP contribution in [0.5, 0.6) is 0 Å². The van der Waals surface area contributed by atoms with Crippen LogP contribution in [-0.4, -0.2) is 21.9 Å². The molecule has 4 rings (SSSR count). The Labute approximate surface area is 193 Å². The number of para-hydroxylation sites is 1.